The van der Waals surface area contributed by atoms with Gasteiger partial charge in [-0.15, -0.1) is 11.3 Å². The Morgan fingerprint density at radius 2 is 1.87 bits per heavy atom. The zero-order valence-electron chi connectivity index (χ0n) is 16.0. The number of carbonyl (C=O) groups is 3. The highest BCUT2D eigenvalue weighted by Crippen LogP contribution is 2.27. The minimum Gasteiger partial charge on any atom is -0.382 e. The second-order valence-electron chi connectivity index (χ2n) is 6.48. The van der Waals surface area contributed by atoms with Crippen molar-refractivity contribution in [2.75, 3.05) is 12.3 Å². The smallest absolute Gasteiger partial charge is 0.263 e. The van der Waals surface area contributed by atoms with Crippen LogP contribution in [0.2, 0.25) is 5.02 Å². The van der Waals surface area contributed by atoms with E-state index < -0.39 is 5.91 Å². The van der Waals surface area contributed by atoms with E-state index in [1.54, 1.807) is 24.3 Å². The van der Waals surface area contributed by atoms with Gasteiger partial charge in [0.05, 0.1) is 17.7 Å². The molecular weight excluding hydrogens is 426 g/mol. The first-order valence-electron chi connectivity index (χ1n) is 8.98. The van der Waals surface area contributed by atoms with Crippen molar-refractivity contribution in [3.05, 3.63) is 69.0 Å². The third kappa shape index (κ3) is 5.05. The molecule has 8 nitrogen and oxygen atoms in total. The van der Waals surface area contributed by atoms with Crippen molar-refractivity contribution in [1.82, 2.24) is 20.3 Å². The number of benzene rings is 1. The first kappa shape index (κ1) is 21.5. The summed E-state index contributed by atoms with van der Waals surface area (Å²) in [5, 5.41) is 3.23. The van der Waals surface area contributed by atoms with Crippen LogP contribution in [0.5, 0.6) is 0 Å². The molecule has 1 unspecified atom stereocenters. The van der Waals surface area contributed by atoms with Gasteiger partial charge in [-0.05, 0) is 0 Å². The molecule has 154 valence electrons. The average Bonchev–Trinajstić information content (AvgIpc) is 3.25. The van der Waals surface area contributed by atoms with Crippen LogP contribution in [-0.4, -0.2) is 39.0 Å². The van der Waals surface area contributed by atoms with E-state index >= 15 is 0 Å². The number of carbonyl (C=O) groups excluding carboxylic acids is 3. The summed E-state index contributed by atoms with van der Waals surface area (Å²) >= 11 is 7.17. The van der Waals surface area contributed by atoms with E-state index in [4.69, 9.17) is 17.3 Å². The largest absolute Gasteiger partial charge is 0.382 e. The molecule has 3 rings (SSSR count). The number of hydrogen-bond donors (Lipinski definition) is 2. The van der Waals surface area contributed by atoms with E-state index in [1.165, 1.54) is 12.5 Å². The maximum Gasteiger partial charge on any atom is 0.263 e. The van der Waals surface area contributed by atoms with Gasteiger partial charge < -0.3 is 11.1 Å². The molecule has 0 fully saturated rings. The molecule has 2 heterocycles. The van der Waals surface area contributed by atoms with Gasteiger partial charge in [-0.25, -0.2) is 15.0 Å². The van der Waals surface area contributed by atoms with Gasteiger partial charge in [-0.1, -0.05) is 48.9 Å². The summed E-state index contributed by atoms with van der Waals surface area (Å²) in [6.45, 7) is 1.70. The van der Waals surface area contributed by atoms with Gasteiger partial charge >= 0.3 is 0 Å². The Balaban J connectivity index is 1.59. The lowest BCUT2D eigenvalue weighted by molar-refractivity contribution is 0.0906. The van der Waals surface area contributed by atoms with Crippen molar-refractivity contribution in [2.24, 2.45) is 0 Å². The minimum absolute atomic E-state index is 0.0250. The van der Waals surface area contributed by atoms with Crippen LogP contribution >= 0.6 is 22.9 Å². The number of nitrogens with two attached hydrogens (primary N) is 1. The fourth-order valence-electron chi connectivity index (χ4n) is 2.63. The van der Waals surface area contributed by atoms with E-state index in [-0.39, 0.29) is 47.0 Å². The number of nitrogen functional groups attached to an aromatic ring is 1. The fourth-order valence-corrected chi connectivity index (χ4v) is 3.72. The first-order valence-corrected chi connectivity index (χ1v) is 10.2. The molecule has 0 bridgehead atoms. The molecule has 0 aliphatic heterocycles. The number of nitrogens with one attached hydrogen (secondary N) is 1. The highest BCUT2D eigenvalue weighted by atomic mass is 35.5. The Labute approximate surface area is 181 Å². The number of anilines is 1. The summed E-state index contributed by atoms with van der Waals surface area (Å²) < 4.78 is 0. The van der Waals surface area contributed by atoms with E-state index in [0.29, 0.717) is 15.4 Å². The van der Waals surface area contributed by atoms with Crippen molar-refractivity contribution in [2.45, 2.75) is 19.3 Å². The summed E-state index contributed by atoms with van der Waals surface area (Å²) in [6.07, 6.45) is 2.71. The Bertz CT molecular complexity index is 1090. The highest BCUT2D eigenvalue weighted by molar-refractivity contribution is 7.13. The van der Waals surface area contributed by atoms with E-state index in [0.717, 1.165) is 11.3 Å². The number of nitrogens with zero attached hydrogens (tertiary/aromatic N) is 3. The lowest BCUT2D eigenvalue weighted by atomic mass is 10.0. The van der Waals surface area contributed by atoms with Crippen molar-refractivity contribution >= 4 is 46.2 Å². The van der Waals surface area contributed by atoms with Crippen LogP contribution in [0.4, 0.5) is 5.82 Å². The molecule has 10 heteroatoms. The van der Waals surface area contributed by atoms with Gasteiger partial charge in [0.2, 0.25) is 0 Å². The number of hydrogen-bond acceptors (Lipinski definition) is 8. The third-order valence-corrected chi connectivity index (χ3v) is 5.85. The Morgan fingerprint density at radius 3 is 2.60 bits per heavy atom. The second-order valence-corrected chi connectivity index (χ2v) is 7.92. The topological polar surface area (TPSA) is 128 Å². The Morgan fingerprint density at radius 1 is 1.13 bits per heavy atom. The molecule has 1 atom stereocenters. The molecular formula is C20H18ClN5O3S. The summed E-state index contributed by atoms with van der Waals surface area (Å²) in [5.74, 6) is -1.10. The second kappa shape index (κ2) is 9.55. The van der Waals surface area contributed by atoms with Crippen LogP contribution in [0.15, 0.2) is 42.9 Å². The fraction of sp³-hybridized carbons (Fsp3) is 0.200. The highest BCUT2D eigenvalue weighted by Gasteiger charge is 2.21. The number of amides is 1. The zero-order chi connectivity index (χ0) is 21.7. The molecule has 30 heavy (non-hydrogen) atoms. The molecule has 1 amide bonds. The standard InChI is InChI=1S/C20H18ClN5O3S/c1-11(7-13(27)17-16(21)18(22)26-10-25-17)20-24-9-15(30-20)19(29)23-8-14(28)12-5-3-2-4-6-12/h2-6,9-11H,7-8H2,1H3,(H,23,29)(H2,22,25,26). The molecule has 0 radical (unpaired) electrons. The SMILES string of the molecule is CC(CC(=O)c1ncnc(N)c1Cl)c1ncc(C(=O)NCC(=O)c2ccccc2)s1. The normalized spacial score (nSPS) is 11.7. The first-order chi connectivity index (χ1) is 14.4. The van der Waals surface area contributed by atoms with Gasteiger partial charge in [0.25, 0.3) is 5.91 Å². The van der Waals surface area contributed by atoms with E-state index in [9.17, 15) is 14.4 Å². The minimum atomic E-state index is -0.395. The average molecular weight is 444 g/mol. The van der Waals surface area contributed by atoms with Gasteiger partial charge in [0.15, 0.2) is 11.6 Å². The molecule has 0 aliphatic rings. The molecule has 0 saturated heterocycles. The van der Waals surface area contributed by atoms with Crippen molar-refractivity contribution in [3.63, 3.8) is 0 Å². The molecule has 3 aromatic rings. The quantitative estimate of drug-likeness (QED) is 0.511. The van der Waals surface area contributed by atoms with Crippen molar-refractivity contribution in [1.29, 1.82) is 0 Å². The summed E-state index contributed by atoms with van der Waals surface area (Å²) in [6, 6.07) is 8.71. The number of ketones is 2. The number of rotatable bonds is 8. The number of halogens is 1. The molecule has 2 aromatic heterocycles. The predicted molar refractivity (Wildman–Crippen MR) is 114 cm³/mol. The van der Waals surface area contributed by atoms with Gasteiger partial charge in [-0.2, -0.15) is 0 Å². The van der Waals surface area contributed by atoms with E-state index in [1.807, 2.05) is 13.0 Å². The Kier molecular flexibility index (Phi) is 6.86. The maximum absolute atomic E-state index is 12.5. The maximum atomic E-state index is 12.5. The summed E-state index contributed by atoms with van der Waals surface area (Å²) in [7, 11) is 0. The molecule has 0 aliphatic carbocycles. The van der Waals surface area contributed by atoms with Crippen LogP contribution < -0.4 is 11.1 Å². The Hall–Kier alpha value is -3.17. The molecule has 0 saturated carbocycles. The predicted octanol–water partition coefficient (Wildman–Crippen LogP) is 3.16. The van der Waals surface area contributed by atoms with Crippen LogP contribution in [0.1, 0.15) is 54.8 Å². The molecule has 3 N–H and O–H groups in total. The van der Waals surface area contributed by atoms with Gasteiger partial charge in [0, 0.05) is 17.9 Å². The third-order valence-electron chi connectivity index (χ3n) is 4.25. The van der Waals surface area contributed by atoms with Crippen molar-refractivity contribution in [3.8, 4) is 0 Å². The van der Waals surface area contributed by atoms with E-state index in [2.05, 4.69) is 20.3 Å². The lowest BCUT2D eigenvalue weighted by Crippen LogP contribution is -2.28. The van der Waals surface area contributed by atoms with Crippen LogP contribution in [-0.2, 0) is 0 Å². The lowest BCUT2D eigenvalue weighted by Gasteiger charge is -2.08. The van der Waals surface area contributed by atoms with Gasteiger partial charge in [-0.3, -0.25) is 14.4 Å². The van der Waals surface area contributed by atoms with Crippen molar-refractivity contribution < 1.29 is 14.4 Å². The van der Waals surface area contributed by atoms with Gasteiger partial charge in [0.1, 0.15) is 27.7 Å². The monoisotopic (exact) mass is 443 g/mol. The molecule has 1 aromatic carbocycles. The van der Waals surface area contributed by atoms with Crippen LogP contribution in [0.25, 0.3) is 0 Å². The number of thiazole rings is 1. The number of Topliss-reactive ketones (excluding diaryl/α,β-unsaturated/α-hetero) is 2. The van der Waals surface area contributed by atoms with Crippen LogP contribution in [0.3, 0.4) is 0 Å². The zero-order valence-corrected chi connectivity index (χ0v) is 17.5. The molecule has 0 spiro atoms. The number of aromatic nitrogens is 3. The summed E-state index contributed by atoms with van der Waals surface area (Å²) in [4.78, 5) is 49.2. The summed E-state index contributed by atoms with van der Waals surface area (Å²) in [5.41, 5.74) is 6.20. The van der Waals surface area contributed by atoms with Crippen LogP contribution in [0, 0.1) is 0 Å².